The number of ketones is 1. The second-order valence-corrected chi connectivity index (χ2v) is 6.19. The van der Waals surface area contributed by atoms with E-state index in [1.165, 1.54) is 0 Å². The zero-order chi connectivity index (χ0) is 11.9. The first-order valence-electron chi connectivity index (χ1n) is 5.15. The highest BCUT2D eigenvalue weighted by Gasteiger charge is 2.36. The summed E-state index contributed by atoms with van der Waals surface area (Å²) in [4.78, 5) is 13.3. The number of Topliss-reactive ketones (excluding diaryl/α,β-unsaturated/α-hetero) is 1. The Morgan fingerprint density at radius 3 is 2.71 bits per heavy atom. The van der Waals surface area contributed by atoms with Gasteiger partial charge in [-0.2, -0.15) is 0 Å². The summed E-state index contributed by atoms with van der Waals surface area (Å²) in [6.07, 6.45) is 0. The van der Waals surface area contributed by atoms with Crippen LogP contribution in [0.1, 0.15) is 24.2 Å². The minimum absolute atomic E-state index is 0. The molecule has 1 heterocycles. The number of thioether (sulfide) groups is 1. The largest absolute Gasteiger partial charge is 0.325 e. The molecule has 0 spiro atoms. The Balaban J connectivity index is 0.00000144. The van der Waals surface area contributed by atoms with Crippen LogP contribution in [0.15, 0.2) is 23.1 Å². The van der Waals surface area contributed by atoms with Gasteiger partial charge < -0.3 is 5.73 Å². The average Bonchev–Trinajstić information content (AvgIpc) is 2.17. The number of rotatable bonds is 1. The number of halogens is 2. The minimum atomic E-state index is -0.482. The van der Waals surface area contributed by atoms with Gasteiger partial charge in [0.15, 0.2) is 5.78 Å². The minimum Gasteiger partial charge on any atom is -0.325 e. The van der Waals surface area contributed by atoms with Crippen LogP contribution in [-0.2, 0) is 0 Å². The number of nitrogens with two attached hydrogens (primary N) is 1. The molecule has 0 amide bonds. The molecule has 0 radical (unpaired) electrons. The van der Waals surface area contributed by atoms with Crippen molar-refractivity contribution in [3.05, 3.63) is 28.8 Å². The molecule has 1 aromatic carbocycles. The summed E-state index contributed by atoms with van der Waals surface area (Å²) in [6.45, 7) is 3.79. The molecule has 94 valence electrons. The zero-order valence-corrected chi connectivity index (χ0v) is 12.1. The highest BCUT2D eigenvalue weighted by Crippen LogP contribution is 2.37. The molecule has 0 bridgehead atoms. The molecule has 2 nitrogen and oxygen atoms in total. The van der Waals surface area contributed by atoms with Gasteiger partial charge in [-0.3, -0.25) is 4.79 Å². The molecule has 1 aromatic rings. The summed E-state index contributed by atoms with van der Waals surface area (Å²) < 4.78 is 0. The lowest BCUT2D eigenvalue weighted by atomic mass is 9.83. The molecular formula is C12H15Cl2NOS. The number of hydrogen-bond acceptors (Lipinski definition) is 3. The maximum absolute atomic E-state index is 12.3. The molecule has 0 saturated carbocycles. The van der Waals surface area contributed by atoms with Gasteiger partial charge in [-0.05, 0) is 32.0 Å². The van der Waals surface area contributed by atoms with Crippen molar-refractivity contribution in [2.24, 2.45) is 11.7 Å². The third-order valence-corrected chi connectivity index (χ3v) is 4.23. The molecule has 17 heavy (non-hydrogen) atoms. The summed E-state index contributed by atoms with van der Waals surface area (Å²) in [5, 5.41) is 0.600. The highest BCUT2D eigenvalue weighted by molar-refractivity contribution is 7.99. The Hall–Kier alpha value is -0.220. The maximum atomic E-state index is 12.3. The second-order valence-electron chi connectivity index (χ2n) is 4.69. The first-order valence-corrected chi connectivity index (χ1v) is 6.51. The van der Waals surface area contributed by atoms with Crippen molar-refractivity contribution >= 4 is 41.6 Å². The van der Waals surface area contributed by atoms with Crippen LogP contribution in [0.2, 0.25) is 5.02 Å². The number of fused-ring (bicyclic) bond motifs is 1. The normalized spacial score (nSPS) is 19.5. The van der Waals surface area contributed by atoms with Gasteiger partial charge in [-0.15, -0.1) is 24.2 Å². The van der Waals surface area contributed by atoms with Crippen molar-refractivity contribution in [3.8, 4) is 0 Å². The topological polar surface area (TPSA) is 43.1 Å². The Morgan fingerprint density at radius 1 is 1.47 bits per heavy atom. The maximum Gasteiger partial charge on any atom is 0.169 e. The van der Waals surface area contributed by atoms with Gasteiger partial charge in [0.05, 0.1) is 0 Å². The first kappa shape index (κ1) is 14.8. The molecule has 0 aromatic heterocycles. The Bertz CT molecular complexity index is 443. The van der Waals surface area contributed by atoms with Crippen molar-refractivity contribution in [2.45, 2.75) is 24.3 Å². The van der Waals surface area contributed by atoms with E-state index in [4.69, 9.17) is 17.3 Å². The van der Waals surface area contributed by atoms with Crippen LogP contribution in [0.3, 0.4) is 0 Å². The molecule has 1 atom stereocenters. The fourth-order valence-corrected chi connectivity index (χ4v) is 3.39. The van der Waals surface area contributed by atoms with Gasteiger partial charge in [-0.1, -0.05) is 11.6 Å². The number of carbonyl (C=O) groups excluding carboxylic acids is 1. The molecule has 2 rings (SSSR count). The van der Waals surface area contributed by atoms with E-state index < -0.39 is 5.54 Å². The van der Waals surface area contributed by atoms with E-state index >= 15 is 0 Å². The molecule has 0 fully saturated rings. The lowest BCUT2D eigenvalue weighted by Gasteiger charge is -2.32. The van der Waals surface area contributed by atoms with Crippen molar-refractivity contribution in [2.75, 3.05) is 5.75 Å². The quantitative estimate of drug-likeness (QED) is 0.862. The van der Waals surface area contributed by atoms with Gasteiger partial charge in [-0.25, -0.2) is 0 Å². The Morgan fingerprint density at radius 2 is 2.12 bits per heavy atom. The standard InChI is InChI=1S/C12H14ClNOS.ClH/c1-12(2,14)9-6-16-10-4-3-7(13)5-8(10)11(9)15;/h3-5,9H,6,14H2,1-2H3;1H. The molecule has 5 heteroatoms. The van der Waals surface area contributed by atoms with Crippen LogP contribution >= 0.6 is 35.8 Å². The number of carbonyl (C=O) groups is 1. The zero-order valence-electron chi connectivity index (χ0n) is 9.70. The highest BCUT2D eigenvalue weighted by atomic mass is 35.5. The van der Waals surface area contributed by atoms with E-state index in [0.717, 1.165) is 10.6 Å². The molecule has 0 saturated heterocycles. The van der Waals surface area contributed by atoms with E-state index in [1.54, 1.807) is 17.8 Å². The number of benzene rings is 1. The van der Waals surface area contributed by atoms with Crippen molar-refractivity contribution < 1.29 is 4.79 Å². The van der Waals surface area contributed by atoms with Gasteiger partial charge >= 0.3 is 0 Å². The van der Waals surface area contributed by atoms with Crippen LogP contribution in [0, 0.1) is 5.92 Å². The Labute approximate surface area is 117 Å². The molecule has 2 N–H and O–H groups in total. The molecular weight excluding hydrogens is 277 g/mol. The van der Waals surface area contributed by atoms with Gasteiger partial charge in [0.2, 0.25) is 0 Å². The third kappa shape index (κ3) is 2.97. The first-order chi connectivity index (χ1) is 7.39. The van der Waals surface area contributed by atoms with E-state index in [0.29, 0.717) is 10.6 Å². The summed E-state index contributed by atoms with van der Waals surface area (Å²) in [6, 6.07) is 5.46. The lowest BCUT2D eigenvalue weighted by Crippen LogP contribution is -2.47. The van der Waals surface area contributed by atoms with Crippen LogP contribution in [-0.4, -0.2) is 17.1 Å². The van der Waals surface area contributed by atoms with Crippen LogP contribution in [0.5, 0.6) is 0 Å². The summed E-state index contributed by atoms with van der Waals surface area (Å²) in [7, 11) is 0. The fourth-order valence-electron chi connectivity index (χ4n) is 1.81. The molecule has 1 aliphatic rings. The smallest absolute Gasteiger partial charge is 0.169 e. The predicted octanol–water partition coefficient (Wildman–Crippen LogP) is 3.40. The number of hydrogen-bond donors (Lipinski definition) is 1. The monoisotopic (exact) mass is 291 g/mol. The van der Waals surface area contributed by atoms with Crippen molar-refractivity contribution in [3.63, 3.8) is 0 Å². The third-order valence-electron chi connectivity index (χ3n) is 2.83. The van der Waals surface area contributed by atoms with E-state index in [1.807, 2.05) is 26.0 Å². The summed E-state index contributed by atoms with van der Waals surface area (Å²) in [5.74, 6) is 0.726. The average molecular weight is 292 g/mol. The molecule has 1 aliphatic heterocycles. The predicted molar refractivity (Wildman–Crippen MR) is 75.5 cm³/mol. The van der Waals surface area contributed by atoms with Gasteiger partial charge in [0.25, 0.3) is 0 Å². The SMILES string of the molecule is CC(C)(N)C1CSc2ccc(Cl)cc2C1=O.Cl. The fraction of sp³-hybridized carbons (Fsp3) is 0.417. The van der Waals surface area contributed by atoms with Crippen LogP contribution in [0.25, 0.3) is 0 Å². The molecule has 1 unspecified atom stereocenters. The van der Waals surface area contributed by atoms with Crippen molar-refractivity contribution in [1.29, 1.82) is 0 Å². The van der Waals surface area contributed by atoms with Gasteiger partial charge in [0, 0.05) is 32.7 Å². The Kier molecular flexibility index (Phi) is 4.53. The molecule has 0 aliphatic carbocycles. The summed E-state index contributed by atoms with van der Waals surface area (Å²) >= 11 is 7.59. The summed E-state index contributed by atoms with van der Waals surface area (Å²) in [5.41, 5.74) is 6.26. The van der Waals surface area contributed by atoms with Crippen molar-refractivity contribution in [1.82, 2.24) is 0 Å². The van der Waals surface area contributed by atoms with Gasteiger partial charge in [0.1, 0.15) is 0 Å². The second kappa shape index (κ2) is 5.19. The lowest BCUT2D eigenvalue weighted by molar-refractivity contribution is 0.0881. The van der Waals surface area contributed by atoms with E-state index in [9.17, 15) is 4.79 Å². The van der Waals surface area contributed by atoms with Crippen LogP contribution < -0.4 is 5.73 Å². The van der Waals surface area contributed by atoms with E-state index in [2.05, 4.69) is 0 Å². The van der Waals surface area contributed by atoms with E-state index in [-0.39, 0.29) is 24.1 Å². The van der Waals surface area contributed by atoms with Crippen LogP contribution in [0.4, 0.5) is 0 Å².